The molecule has 0 saturated heterocycles. The Morgan fingerprint density at radius 3 is 2.74 bits per heavy atom. The van der Waals surface area contributed by atoms with Crippen molar-refractivity contribution in [2.75, 3.05) is 20.1 Å². The number of nitrogens with two attached hydrogens (primary N) is 1. The molecule has 98 valence electrons. The molecule has 0 aliphatic carbocycles. The summed E-state index contributed by atoms with van der Waals surface area (Å²) in [5, 5.41) is 3.86. The van der Waals surface area contributed by atoms with Gasteiger partial charge in [-0.1, -0.05) is 29.4 Å². The summed E-state index contributed by atoms with van der Waals surface area (Å²) < 4.78 is 5.32. The fraction of sp³-hybridized carbons (Fsp3) is 0.286. The highest BCUT2D eigenvalue weighted by molar-refractivity contribution is 5.64. The normalized spacial score (nSPS) is 10.6. The first-order valence-electron chi connectivity index (χ1n) is 6.04. The summed E-state index contributed by atoms with van der Waals surface area (Å²) in [5.41, 5.74) is 8.10. The minimum atomic E-state index is 0.616. The lowest BCUT2D eigenvalue weighted by atomic mass is 10.1. The van der Waals surface area contributed by atoms with Gasteiger partial charge in [-0.05, 0) is 7.05 Å². The van der Waals surface area contributed by atoms with E-state index in [9.17, 15) is 0 Å². The van der Waals surface area contributed by atoms with Gasteiger partial charge in [-0.25, -0.2) is 4.85 Å². The number of nitrogens with zero attached hydrogens (tertiary/aromatic N) is 3. The SMILES string of the molecule is [C-]#[N+]c1ccc(-c2oncc2CN(C)CCN)cc1. The van der Waals surface area contributed by atoms with Crippen molar-refractivity contribution in [2.24, 2.45) is 5.73 Å². The largest absolute Gasteiger partial charge is 0.356 e. The predicted molar refractivity (Wildman–Crippen MR) is 73.6 cm³/mol. The lowest BCUT2D eigenvalue weighted by molar-refractivity contribution is 0.335. The average Bonchev–Trinajstić information content (AvgIpc) is 2.87. The summed E-state index contributed by atoms with van der Waals surface area (Å²) in [6.07, 6.45) is 1.73. The minimum absolute atomic E-state index is 0.616. The van der Waals surface area contributed by atoms with Crippen LogP contribution in [0.25, 0.3) is 16.2 Å². The molecule has 0 amide bonds. The lowest BCUT2D eigenvalue weighted by Crippen LogP contribution is -2.24. The molecular weight excluding hydrogens is 240 g/mol. The van der Waals surface area contributed by atoms with E-state index in [1.165, 1.54) is 0 Å². The van der Waals surface area contributed by atoms with Crippen LogP contribution in [-0.2, 0) is 6.54 Å². The second-order valence-electron chi connectivity index (χ2n) is 4.37. The molecule has 1 aromatic carbocycles. The quantitative estimate of drug-likeness (QED) is 0.834. The van der Waals surface area contributed by atoms with Gasteiger partial charge in [0.15, 0.2) is 11.4 Å². The van der Waals surface area contributed by atoms with Crippen LogP contribution in [0.4, 0.5) is 5.69 Å². The van der Waals surface area contributed by atoms with Crippen molar-refractivity contribution in [1.29, 1.82) is 0 Å². The number of hydrogen-bond donors (Lipinski definition) is 1. The maximum atomic E-state index is 6.94. The monoisotopic (exact) mass is 256 g/mol. The third-order valence-corrected chi connectivity index (χ3v) is 2.85. The molecule has 0 bridgehead atoms. The number of benzene rings is 1. The summed E-state index contributed by atoms with van der Waals surface area (Å²) in [4.78, 5) is 5.48. The van der Waals surface area contributed by atoms with Crippen LogP contribution in [0.15, 0.2) is 35.0 Å². The summed E-state index contributed by atoms with van der Waals surface area (Å²) in [7, 11) is 2.01. The van der Waals surface area contributed by atoms with Crippen LogP contribution < -0.4 is 5.73 Å². The van der Waals surface area contributed by atoms with Crippen LogP contribution in [0.3, 0.4) is 0 Å². The zero-order chi connectivity index (χ0) is 13.7. The maximum Gasteiger partial charge on any atom is 0.187 e. The van der Waals surface area contributed by atoms with Gasteiger partial charge in [0.05, 0.1) is 12.8 Å². The van der Waals surface area contributed by atoms with E-state index in [1.807, 2.05) is 19.2 Å². The molecule has 0 aliphatic rings. The van der Waals surface area contributed by atoms with Crippen molar-refractivity contribution in [3.05, 3.63) is 47.4 Å². The highest BCUT2D eigenvalue weighted by Crippen LogP contribution is 2.26. The molecule has 2 rings (SSSR count). The van der Waals surface area contributed by atoms with Crippen LogP contribution in [0.5, 0.6) is 0 Å². The second kappa shape index (κ2) is 6.14. The highest BCUT2D eigenvalue weighted by Gasteiger charge is 2.12. The van der Waals surface area contributed by atoms with E-state index >= 15 is 0 Å². The van der Waals surface area contributed by atoms with Gasteiger partial charge in [0.2, 0.25) is 0 Å². The standard InChI is InChI=1S/C14H16N4O/c1-16-13-5-3-11(4-6-13)14-12(9-17-19-14)10-18(2)8-7-15/h3-6,9H,7-8,10,15H2,2H3. The number of aromatic nitrogens is 1. The molecule has 2 aromatic rings. The van der Waals surface area contributed by atoms with Crippen molar-refractivity contribution in [3.8, 4) is 11.3 Å². The molecule has 0 atom stereocenters. The van der Waals surface area contributed by atoms with Gasteiger partial charge in [0, 0.05) is 30.8 Å². The fourth-order valence-corrected chi connectivity index (χ4v) is 1.89. The van der Waals surface area contributed by atoms with Crippen LogP contribution in [0, 0.1) is 6.57 Å². The Morgan fingerprint density at radius 1 is 1.37 bits per heavy atom. The van der Waals surface area contributed by atoms with Crippen molar-refractivity contribution in [1.82, 2.24) is 10.1 Å². The Bertz CT molecular complexity index is 568. The van der Waals surface area contributed by atoms with Gasteiger partial charge >= 0.3 is 0 Å². The van der Waals surface area contributed by atoms with E-state index in [2.05, 4.69) is 14.9 Å². The fourth-order valence-electron chi connectivity index (χ4n) is 1.89. The van der Waals surface area contributed by atoms with Gasteiger partial charge in [0.25, 0.3) is 0 Å². The first-order chi connectivity index (χ1) is 9.24. The number of likely N-dealkylation sites (N-methyl/N-ethyl adjacent to an activating group) is 1. The van der Waals surface area contributed by atoms with Crippen LogP contribution >= 0.6 is 0 Å². The molecular formula is C14H16N4O. The van der Waals surface area contributed by atoms with Gasteiger partial charge < -0.3 is 15.2 Å². The highest BCUT2D eigenvalue weighted by atomic mass is 16.5. The molecule has 0 spiro atoms. The van der Waals surface area contributed by atoms with E-state index in [-0.39, 0.29) is 0 Å². The van der Waals surface area contributed by atoms with Crippen molar-refractivity contribution in [3.63, 3.8) is 0 Å². The Labute approximate surface area is 112 Å². The van der Waals surface area contributed by atoms with E-state index in [0.29, 0.717) is 12.2 Å². The van der Waals surface area contributed by atoms with E-state index in [4.69, 9.17) is 16.8 Å². The first kappa shape index (κ1) is 13.3. The number of rotatable bonds is 5. The lowest BCUT2D eigenvalue weighted by Gasteiger charge is -2.14. The van der Waals surface area contributed by atoms with E-state index in [1.54, 1.807) is 18.3 Å². The van der Waals surface area contributed by atoms with Crippen LogP contribution in [0.2, 0.25) is 0 Å². The Balaban J connectivity index is 2.21. The summed E-state index contributed by atoms with van der Waals surface area (Å²) in [5.74, 6) is 0.750. The van der Waals surface area contributed by atoms with Gasteiger partial charge in [-0.2, -0.15) is 0 Å². The second-order valence-corrected chi connectivity index (χ2v) is 4.37. The molecule has 2 N–H and O–H groups in total. The molecule has 0 fully saturated rings. The Morgan fingerprint density at radius 2 is 2.11 bits per heavy atom. The topological polar surface area (TPSA) is 59.7 Å². The summed E-state index contributed by atoms with van der Waals surface area (Å²) in [6, 6.07) is 7.30. The van der Waals surface area contributed by atoms with Crippen molar-refractivity contribution >= 4 is 5.69 Å². The molecule has 5 nitrogen and oxygen atoms in total. The van der Waals surface area contributed by atoms with Crippen molar-refractivity contribution < 1.29 is 4.52 Å². The number of hydrogen-bond acceptors (Lipinski definition) is 4. The molecule has 19 heavy (non-hydrogen) atoms. The Hall–Kier alpha value is -2.16. The van der Waals surface area contributed by atoms with E-state index in [0.717, 1.165) is 30.0 Å². The Kier molecular flexibility index (Phi) is 4.29. The third-order valence-electron chi connectivity index (χ3n) is 2.85. The zero-order valence-corrected chi connectivity index (χ0v) is 10.8. The van der Waals surface area contributed by atoms with Gasteiger partial charge in [-0.3, -0.25) is 0 Å². The van der Waals surface area contributed by atoms with Crippen LogP contribution in [0.1, 0.15) is 5.56 Å². The predicted octanol–water partition coefficient (Wildman–Crippen LogP) is 2.28. The van der Waals surface area contributed by atoms with Gasteiger partial charge in [-0.15, -0.1) is 0 Å². The zero-order valence-electron chi connectivity index (χ0n) is 10.8. The smallest absolute Gasteiger partial charge is 0.187 e. The molecule has 1 heterocycles. The third kappa shape index (κ3) is 3.19. The molecule has 0 saturated carbocycles. The van der Waals surface area contributed by atoms with Crippen LogP contribution in [-0.4, -0.2) is 30.2 Å². The summed E-state index contributed by atoms with van der Waals surface area (Å²) in [6.45, 7) is 9.12. The average molecular weight is 256 g/mol. The molecule has 1 aromatic heterocycles. The first-order valence-corrected chi connectivity index (χ1v) is 6.04. The summed E-state index contributed by atoms with van der Waals surface area (Å²) >= 11 is 0. The molecule has 0 unspecified atom stereocenters. The molecule has 5 heteroatoms. The molecule has 0 aliphatic heterocycles. The van der Waals surface area contributed by atoms with Crippen molar-refractivity contribution in [2.45, 2.75) is 6.54 Å². The van der Waals surface area contributed by atoms with Gasteiger partial charge in [0.1, 0.15) is 0 Å². The maximum absolute atomic E-state index is 6.94. The van der Waals surface area contributed by atoms with E-state index < -0.39 is 0 Å². The molecule has 0 radical (unpaired) electrons. The minimum Gasteiger partial charge on any atom is -0.356 e.